The van der Waals surface area contributed by atoms with E-state index in [1.54, 1.807) is 0 Å². The highest BCUT2D eigenvalue weighted by Crippen LogP contribution is 2.28. The largest absolute Gasteiger partial charge is 0.490 e. The van der Waals surface area contributed by atoms with Crippen LogP contribution in [-0.2, 0) is 14.4 Å². The number of aliphatic carboxylic acids is 2. The minimum Gasteiger partial charge on any atom is -0.475 e. The predicted molar refractivity (Wildman–Crippen MR) is 144 cm³/mol. The second-order valence-corrected chi connectivity index (χ2v) is 9.82. The summed E-state index contributed by atoms with van der Waals surface area (Å²) in [4.78, 5) is 36.8. The van der Waals surface area contributed by atoms with E-state index in [1.807, 2.05) is 47.6 Å². The number of nitrogens with one attached hydrogen (secondary N) is 1. The summed E-state index contributed by atoms with van der Waals surface area (Å²) < 4.78 is 64.4. The number of alkyl halides is 6. The van der Waals surface area contributed by atoms with Gasteiger partial charge >= 0.3 is 24.3 Å². The summed E-state index contributed by atoms with van der Waals surface area (Å²) in [5, 5.41) is 20.2. The third-order valence-electron chi connectivity index (χ3n) is 5.81. The summed E-state index contributed by atoms with van der Waals surface area (Å²) >= 11 is 3.41. The monoisotopic (exact) mass is 666 g/mol. The molecule has 3 aromatic rings. The lowest BCUT2D eigenvalue weighted by atomic mass is 10.1. The Morgan fingerprint density at radius 1 is 1.00 bits per heavy atom. The zero-order chi connectivity index (χ0) is 31.8. The molecule has 16 heteroatoms. The predicted octanol–water partition coefficient (Wildman–Crippen LogP) is 5.29. The number of fused-ring (bicyclic) bond motifs is 1. The van der Waals surface area contributed by atoms with Crippen LogP contribution < -0.4 is 11.1 Å². The molecule has 9 nitrogen and oxygen atoms in total. The first-order chi connectivity index (χ1) is 19.4. The fraction of sp³-hybridized carbons (Fsp3) is 0.308. The van der Waals surface area contributed by atoms with Gasteiger partial charge in [0.1, 0.15) is 6.04 Å². The Hall–Kier alpha value is -3.92. The van der Waals surface area contributed by atoms with Gasteiger partial charge in [0, 0.05) is 52.5 Å². The molecule has 1 aliphatic rings. The van der Waals surface area contributed by atoms with Gasteiger partial charge in [-0.3, -0.25) is 9.78 Å². The molecule has 2 atom stereocenters. The zero-order valence-electron chi connectivity index (χ0n) is 21.7. The van der Waals surface area contributed by atoms with Gasteiger partial charge < -0.3 is 26.2 Å². The molecule has 1 amide bonds. The number of carboxylic acids is 2. The van der Waals surface area contributed by atoms with Crippen LogP contribution in [0.1, 0.15) is 23.6 Å². The van der Waals surface area contributed by atoms with Gasteiger partial charge in [-0.1, -0.05) is 40.2 Å². The summed E-state index contributed by atoms with van der Waals surface area (Å²) in [6.07, 6.45) is -5.50. The molecule has 0 radical (unpaired) electrons. The molecule has 2 aromatic carbocycles. The van der Waals surface area contributed by atoms with E-state index < -0.39 is 30.3 Å². The summed E-state index contributed by atoms with van der Waals surface area (Å²) in [5.74, 6) is -5.54. The number of carbonyl (C=O) groups excluding carboxylic acids is 1. The maximum absolute atomic E-state index is 12.8. The molecule has 2 unspecified atom stereocenters. The number of aromatic nitrogens is 1. The van der Waals surface area contributed by atoms with Crippen molar-refractivity contribution in [1.29, 1.82) is 0 Å². The van der Waals surface area contributed by atoms with E-state index >= 15 is 0 Å². The number of hydrogen-bond acceptors (Lipinski definition) is 6. The fourth-order valence-corrected chi connectivity index (χ4v) is 4.10. The molecule has 4 rings (SSSR count). The molecule has 1 aliphatic heterocycles. The Balaban J connectivity index is 0.000000367. The maximum atomic E-state index is 12.8. The number of nitrogens with two attached hydrogens (primary N) is 1. The number of rotatable bonds is 4. The van der Waals surface area contributed by atoms with E-state index in [9.17, 15) is 31.1 Å². The van der Waals surface area contributed by atoms with Gasteiger partial charge in [-0.2, -0.15) is 26.3 Å². The highest BCUT2D eigenvalue weighted by molar-refractivity contribution is 9.10. The van der Waals surface area contributed by atoms with Crippen LogP contribution in [-0.4, -0.2) is 69.4 Å². The van der Waals surface area contributed by atoms with E-state index in [4.69, 9.17) is 25.5 Å². The first kappa shape index (κ1) is 34.3. The molecule has 0 saturated carbocycles. The number of hydrogen-bond donors (Lipinski definition) is 4. The third kappa shape index (κ3) is 9.87. The van der Waals surface area contributed by atoms with Crippen LogP contribution in [0, 0.1) is 6.92 Å². The Morgan fingerprint density at radius 3 is 2.07 bits per heavy atom. The van der Waals surface area contributed by atoms with Crippen LogP contribution in [0.5, 0.6) is 0 Å². The van der Waals surface area contributed by atoms with E-state index in [2.05, 4.69) is 45.3 Å². The highest BCUT2D eigenvalue weighted by atomic mass is 79.9. The molecule has 0 bridgehead atoms. The standard InChI is InChI=1S/C22H23BrN4O.2C2HF3O2/c1-14-11-25-12-16-3-2-4-19(20(14)16)26-18-9-10-27(13-18)22(28)21(24)15-5-7-17(23)8-6-15;2*3-2(4,5)1(6)7/h2-8,11-12,18,21,26H,9-10,13,24H2,1H3;2*(H,6,7). The molecule has 1 aromatic heterocycles. The first-order valence-corrected chi connectivity index (χ1v) is 12.7. The molecule has 42 heavy (non-hydrogen) atoms. The van der Waals surface area contributed by atoms with Gasteiger partial charge in [-0.25, -0.2) is 9.59 Å². The number of halogens is 7. The summed E-state index contributed by atoms with van der Waals surface area (Å²) in [6, 6.07) is 13.4. The van der Waals surface area contributed by atoms with Crippen LogP contribution >= 0.6 is 15.9 Å². The summed E-state index contributed by atoms with van der Waals surface area (Å²) in [5.41, 5.74) is 9.30. The number of aryl methyl sites for hydroxylation is 1. The van der Waals surface area contributed by atoms with Gasteiger partial charge in [-0.05, 0) is 42.7 Å². The van der Waals surface area contributed by atoms with Crippen LogP contribution in [0.4, 0.5) is 32.0 Å². The number of pyridine rings is 1. The minimum atomic E-state index is -5.08. The number of carboxylic acid groups (broad SMARTS) is 2. The minimum absolute atomic E-state index is 0.0232. The lowest BCUT2D eigenvalue weighted by molar-refractivity contribution is -0.193. The number of anilines is 1. The first-order valence-electron chi connectivity index (χ1n) is 11.9. The van der Waals surface area contributed by atoms with Crippen molar-refractivity contribution in [1.82, 2.24) is 9.88 Å². The average Bonchev–Trinajstić information content (AvgIpc) is 3.36. The molecular formula is C26H25BrF6N4O5. The number of nitrogens with zero attached hydrogens (tertiary/aromatic N) is 2. The molecule has 2 heterocycles. The van der Waals surface area contributed by atoms with Crippen molar-refractivity contribution in [3.63, 3.8) is 0 Å². The van der Waals surface area contributed by atoms with Gasteiger partial charge in [0.25, 0.3) is 0 Å². The van der Waals surface area contributed by atoms with Crippen molar-refractivity contribution < 1.29 is 50.9 Å². The van der Waals surface area contributed by atoms with Crippen molar-refractivity contribution in [2.75, 3.05) is 18.4 Å². The highest BCUT2D eigenvalue weighted by Gasteiger charge is 2.39. The van der Waals surface area contributed by atoms with E-state index in [0.29, 0.717) is 13.1 Å². The quantitative estimate of drug-likeness (QED) is 0.275. The fourth-order valence-electron chi connectivity index (χ4n) is 3.84. The average molecular weight is 667 g/mol. The normalized spacial score (nSPS) is 15.5. The molecule has 0 spiro atoms. The number of likely N-dealkylation sites (tertiary alicyclic amines) is 1. The van der Waals surface area contributed by atoms with Crippen LogP contribution in [0.3, 0.4) is 0 Å². The van der Waals surface area contributed by atoms with Gasteiger partial charge in [-0.15, -0.1) is 0 Å². The third-order valence-corrected chi connectivity index (χ3v) is 6.34. The molecule has 1 saturated heterocycles. The summed E-state index contributed by atoms with van der Waals surface area (Å²) in [7, 11) is 0. The van der Waals surface area contributed by atoms with Crippen molar-refractivity contribution in [2.45, 2.75) is 37.8 Å². The molecule has 228 valence electrons. The summed E-state index contributed by atoms with van der Waals surface area (Å²) in [6.45, 7) is 3.44. The lowest BCUT2D eigenvalue weighted by Gasteiger charge is -2.22. The van der Waals surface area contributed by atoms with Crippen LogP contribution in [0.2, 0.25) is 0 Å². The molecule has 1 fully saturated rings. The lowest BCUT2D eigenvalue weighted by Crippen LogP contribution is -2.38. The SMILES string of the molecule is Cc1cncc2cccc(NC3CCN(C(=O)C(N)c4ccc(Br)cc4)C3)c12.O=C(O)C(F)(F)F.O=C(O)C(F)(F)F. The number of benzene rings is 2. The van der Waals surface area contributed by atoms with E-state index in [1.165, 1.54) is 5.39 Å². The smallest absolute Gasteiger partial charge is 0.475 e. The van der Waals surface area contributed by atoms with Gasteiger partial charge in [0.15, 0.2) is 0 Å². The van der Waals surface area contributed by atoms with Crippen LogP contribution in [0.25, 0.3) is 10.8 Å². The topological polar surface area (TPSA) is 146 Å². The van der Waals surface area contributed by atoms with Crippen molar-refractivity contribution in [3.05, 3.63) is 70.5 Å². The second-order valence-electron chi connectivity index (χ2n) is 8.91. The number of carbonyl (C=O) groups is 3. The van der Waals surface area contributed by atoms with Crippen molar-refractivity contribution in [2.24, 2.45) is 5.73 Å². The Kier molecular flexibility index (Phi) is 11.7. The Bertz CT molecular complexity index is 1370. The Labute approximate surface area is 243 Å². The second kappa shape index (κ2) is 14.3. The van der Waals surface area contributed by atoms with Gasteiger partial charge in [0.05, 0.1) is 0 Å². The molecular weight excluding hydrogens is 642 g/mol. The molecule has 5 N–H and O–H groups in total. The van der Waals surface area contributed by atoms with Crippen molar-refractivity contribution >= 4 is 50.2 Å². The van der Waals surface area contributed by atoms with Crippen LogP contribution in [0.15, 0.2) is 59.3 Å². The van der Waals surface area contributed by atoms with E-state index in [0.717, 1.165) is 33.1 Å². The van der Waals surface area contributed by atoms with Gasteiger partial charge in [0.2, 0.25) is 5.91 Å². The number of amides is 1. The zero-order valence-corrected chi connectivity index (χ0v) is 23.3. The maximum Gasteiger partial charge on any atom is 0.490 e. The Morgan fingerprint density at radius 2 is 1.55 bits per heavy atom. The van der Waals surface area contributed by atoms with Crippen molar-refractivity contribution in [3.8, 4) is 0 Å². The van der Waals surface area contributed by atoms with E-state index in [-0.39, 0.29) is 11.9 Å². The molecule has 0 aliphatic carbocycles.